The molecule has 1 aliphatic heterocycles. The molecule has 1 N–H and O–H groups in total. The van der Waals surface area contributed by atoms with Crippen molar-refractivity contribution in [3.63, 3.8) is 0 Å². The third-order valence-electron chi connectivity index (χ3n) is 5.37. The van der Waals surface area contributed by atoms with E-state index in [2.05, 4.69) is 6.58 Å². The molecule has 0 bridgehead atoms. The maximum absolute atomic E-state index is 13.1. The molecule has 2 aromatic carbocycles. The highest BCUT2D eigenvalue weighted by Crippen LogP contribution is 2.40. The number of carbonyl (C=O) groups excluding carboxylic acids is 2. The first kappa shape index (κ1) is 22.0. The second-order valence-corrected chi connectivity index (χ2v) is 7.40. The lowest BCUT2D eigenvalue weighted by molar-refractivity contribution is -0.140. The number of methoxy groups -OCH3 is 1. The van der Waals surface area contributed by atoms with Gasteiger partial charge < -0.3 is 23.9 Å². The standard InChI is InChI=1S/C26H23NO6/c1-3-14-32-20-12-8-18(9-13-20)24(28)22-23(17-6-10-19(31-2)11-7-17)27(26(30)25(22)29)16-21-5-4-15-33-21/h3-13,15,23,28H,1,14,16H2,2H3. The number of hydrogen-bond acceptors (Lipinski definition) is 6. The molecule has 7 heteroatoms. The van der Waals surface area contributed by atoms with E-state index in [1.165, 1.54) is 11.2 Å². The Morgan fingerprint density at radius 3 is 2.39 bits per heavy atom. The van der Waals surface area contributed by atoms with Crippen molar-refractivity contribution in [2.45, 2.75) is 12.6 Å². The summed E-state index contributed by atoms with van der Waals surface area (Å²) in [5, 5.41) is 11.1. The summed E-state index contributed by atoms with van der Waals surface area (Å²) in [6.07, 6.45) is 3.13. The Morgan fingerprint density at radius 2 is 1.79 bits per heavy atom. The summed E-state index contributed by atoms with van der Waals surface area (Å²) < 4.78 is 16.1. The SMILES string of the molecule is C=CCOc1ccc(C(O)=C2C(=O)C(=O)N(Cc3ccco3)C2c2ccc(OC)cc2)cc1. The summed E-state index contributed by atoms with van der Waals surface area (Å²) in [5.41, 5.74) is 1.07. The van der Waals surface area contributed by atoms with Crippen molar-refractivity contribution in [3.8, 4) is 11.5 Å². The van der Waals surface area contributed by atoms with Crippen molar-refractivity contribution in [1.29, 1.82) is 0 Å². The zero-order valence-corrected chi connectivity index (χ0v) is 18.1. The van der Waals surface area contributed by atoms with Crippen LogP contribution in [0.3, 0.4) is 0 Å². The van der Waals surface area contributed by atoms with E-state index >= 15 is 0 Å². The highest BCUT2D eigenvalue weighted by molar-refractivity contribution is 6.46. The van der Waals surface area contributed by atoms with Gasteiger partial charge in [-0.2, -0.15) is 0 Å². The minimum absolute atomic E-state index is 0.0106. The second kappa shape index (κ2) is 9.48. The zero-order valence-electron chi connectivity index (χ0n) is 18.1. The first-order valence-electron chi connectivity index (χ1n) is 10.3. The quantitative estimate of drug-likeness (QED) is 0.238. The molecular weight excluding hydrogens is 422 g/mol. The van der Waals surface area contributed by atoms with Gasteiger partial charge >= 0.3 is 0 Å². The van der Waals surface area contributed by atoms with Crippen LogP contribution in [-0.4, -0.2) is 35.4 Å². The van der Waals surface area contributed by atoms with Gasteiger partial charge in [-0.05, 0) is 54.1 Å². The molecule has 1 amide bonds. The van der Waals surface area contributed by atoms with Crippen LogP contribution < -0.4 is 9.47 Å². The topological polar surface area (TPSA) is 89.2 Å². The van der Waals surface area contributed by atoms with Crippen LogP contribution in [0.2, 0.25) is 0 Å². The van der Waals surface area contributed by atoms with Gasteiger partial charge in [0.15, 0.2) is 0 Å². The normalized spacial score (nSPS) is 17.2. The van der Waals surface area contributed by atoms with Crippen molar-refractivity contribution in [1.82, 2.24) is 4.90 Å². The molecule has 1 atom stereocenters. The van der Waals surface area contributed by atoms with Gasteiger partial charge in [-0.15, -0.1) is 0 Å². The number of Topliss-reactive ketones (excluding diaryl/α,β-unsaturated/α-hetero) is 1. The molecule has 1 aromatic heterocycles. The minimum atomic E-state index is -0.794. The summed E-state index contributed by atoms with van der Waals surface area (Å²) in [4.78, 5) is 27.5. The molecule has 168 valence electrons. The average molecular weight is 445 g/mol. The van der Waals surface area contributed by atoms with E-state index in [4.69, 9.17) is 13.9 Å². The Bertz CT molecular complexity index is 1180. The molecular formula is C26H23NO6. The lowest BCUT2D eigenvalue weighted by Crippen LogP contribution is -2.29. The van der Waals surface area contributed by atoms with Gasteiger partial charge in [-0.25, -0.2) is 0 Å². The predicted molar refractivity (Wildman–Crippen MR) is 122 cm³/mol. The summed E-state index contributed by atoms with van der Waals surface area (Å²) in [6.45, 7) is 4.04. The fraction of sp³-hybridized carbons (Fsp3) is 0.154. The number of amides is 1. The van der Waals surface area contributed by atoms with E-state index in [-0.39, 0.29) is 17.9 Å². The molecule has 1 unspecified atom stereocenters. The summed E-state index contributed by atoms with van der Waals surface area (Å²) in [6, 6.07) is 16.3. The molecule has 2 heterocycles. The Balaban J connectivity index is 1.78. The first-order valence-corrected chi connectivity index (χ1v) is 10.3. The molecule has 4 rings (SSSR count). The van der Waals surface area contributed by atoms with Crippen molar-refractivity contribution in [3.05, 3.63) is 102 Å². The number of hydrogen-bond donors (Lipinski definition) is 1. The third kappa shape index (κ3) is 4.39. The Kier molecular flexibility index (Phi) is 6.31. The second-order valence-electron chi connectivity index (χ2n) is 7.40. The maximum Gasteiger partial charge on any atom is 0.296 e. The van der Waals surface area contributed by atoms with Crippen molar-refractivity contribution in [2.24, 2.45) is 0 Å². The fourth-order valence-corrected chi connectivity index (χ4v) is 3.77. The van der Waals surface area contributed by atoms with E-state index in [0.29, 0.717) is 35.0 Å². The molecule has 3 aromatic rings. The van der Waals surface area contributed by atoms with Crippen LogP contribution in [0.15, 0.2) is 89.6 Å². The Morgan fingerprint density at radius 1 is 1.09 bits per heavy atom. The Hall–Kier alpha value is -4.26. The largest absolute Gasteiger partial charge is 0.507 e. The number of rotatable bonds is 8. The minimum Gasteiger partial charge on any atom is -0.507 e. The summed E-state index contributed by atoms with van der Waals surface area (Å²) >= 11 is 0. The molecule has 1 saturated heterocycles. The number of furan rings is 1. The summed E-state index contributed by atoms with van der Waals surface area (Å²) in [7, 11) is 1.56. The van der Waals surface area contributed by atoms with Gasteiger partial charge in [-0.3, -0.25) is 9.59 Å². The summed E-state index contributed by atoms with van der Waals surface area (Å²) in [5.74, 6) is 0.0327. The highest BCUT2D eigenvalue weighted by Gasteiger charge is 2.46. The predicted octanol–water partition coefficient (Wildman–Crippen LogP) is 4.47. The monoisotopic (exact) mass is 445 g/mol. The first-order chi connectivity index (χ1) is 16.0. The molecule has 0 radical (unpaired) electrons. The van der Waals surface area contributed by atoms with E-state index in [1.54, 1.807) is 73.8 Å². The van der Waals surface area contributed by atoms with Crippen molar-refractivity contribution >= 4 is 17.4 Å². The zero-order chi connectivity index (χ0) is 23.4. The van der Waals surface area contributed by atoms with Crippen LogP contribution in [0, 0.1) is 0 Å². The lowest BCUT2D eigenvalue weighted by Gasteiger charge is -2.24. The van der Waals surface area contributed by atoms with E-state index < -0.39 is 17.7 Å². The molecule has 0 spiro atoms. The number of carbonyl (C=O) groups is 2. The van der Waals surface area contributed by atoms with Gasteiger partial charge in [-0.1, -0.05) is 24.8 Å². The van der Waals surface area contributed by atoms with E-state index in [9.17, 15) is 14.7 Å². The number of likely N-dealkylation sites (tertiary alicyclic amines) is 1. The van der Waals surface area contributed by atoms with Crippen LogP contribution in [0.4, 0.5) is 0 Å². The van der Waals surface area contributed by atoms with Crippen LogP contribution >= 0.6 is 0 Å². The van der Waals surface area contributed by atoms with E-state index in [0.717, 1.165) is 0 Å². The third-order valence-corrected chi connectivity index (χ3v) is 5.37. The van der Waals surface area contributed by atoms with Gasteiger partial charge in [0.05, 0.1) is 31.5 Å². The van der Waals surface area contributed by atoms with Crippen LogP contribution in [0.5, 0.6) is 11.5 Å². The van der Waals surface area contributed by atoms with Crippen LogP contribution in [0.1, 0.15) is 22.9 Å². The molecule has 0 aliphatic carbocycles. The number of nitrogens with zero attached hydrogens (tertiary/aromatic N) is 1. The number of ketones is 1. The molecule has 1 fully saturated rings. The van der Waals surface area contributed by atoms with Crippen molar-refractivity contribution in [2.75, 3.05) is 13.7 Å². The van der Waals surface area contributed by atoms with Crippen molar-refractivity contribution < 1.29 is 28.6 Å². The molecule has 1 aliphatic rings. The smallest absolute Gasteiger partial charge is 0.296 e. The molecule has 0 saturated carbocycles. The van der Waals surface area contributed by atoms with Gasteiger partial charge in [0.1, 0.15) is 29.6 Å². The number of aliphatic hydroxyl groups is 1. The average Bonchev–Trinajstić information content (AvgIpc) is 3.45. The van der Waals surface area contributed by atoms with Crippen LogP contribution in [0.25, 0.3) is 5.76 Å². The fourth-order valence-electron chi connectivity index (χ4n) is 3.77. The molecule has 7 nitrogen and oxygen atoms in total. The van der Waals surface area contributed by atoms with E-state index in [1.807, 2.05) is 0 Å². The maximum atomic E-state index is 13.1. The van der Waals surface area contributed by atoms with Gasteiger partial charge in [0.25, 0.3) is 11.7 Å². The number of aliphatic hydroxyl groups excluding tert-OH is 1. The Labute approximate surface area is 191 Å². The highest BCUT2D eigenvalue weighted by atomic mass is 16.5. The number of benzene rings is 2. The van der Waals surface area contributed by atoms with Crippen LogP contribution in [-0.2, 0) is 16.1 Å². The van der Waals surface area contributed by atoms with Gasteiger partial charge in [0.2, 0.25) is 0 Å². The van der Waals surface area contributed by atoms with Gasteiger partial charge in [0, 0.05) is 5.56 Å². The lowest BCUT2D eigenvalue weighted by atomic mass is 9.95. The number of ether oxygens (including phenoxy) is 2. The molecule has 33 heavy (non-hydrogen) atoms.